The lowest BCUT2D eigenvalue weighted by Crippen LogP contribution is -2.24. The van der Waals surface area contributed by atoms with Gasteiger partial charge < -0.3 is 10.4 Å². The van der Waals surface area contributed by atoms with Gasteiger partial charge in [0.25, 0.3) is 0 Å². The zero-order valence-electron chi connectivity index (χ0n) is 12.0. The fourth-order valence-electron chi connectivity index (χ4n) is 1.53. The smallest absolute Gasteiger partial charge is 0.338 e. The van der Waals surface area contributed by atoms with Crippen molar-refractivity contribution >= 4 is 28.2 Å². The summed E-state index contributed by atoms with van der Waals surface area (Å²) in [6, 6.07) is 1.58. The van der Waals surface area contributed by atoms with E-state index in [0.717, 1.165) is 4.88 Å². The van der Waals surface area contributed by atoms with E-state index < -0.39 is 5.97 Å². The number of carbonyl (C=O) groups excluding carboxylic acids is 1. The molecule has 106 valence electrons. The molecule has 1 unspecified atom stereocenters. The minimum absolute atomic E-state index is 0.0539. The summed E-state index contributed by atoms with van der Waals surface area (Å²) >= 11 is 1.29. The average Bonchev–Trinajstić information content (AvgIpc) is 2.57. The fourth-order valence-corrected chi connectivity index (χ4v) is 2.45. The van der Waals surface area contributed by atoms with Gasteiger partial charge in [-0.3, -0.25) is 4.79 Å². The number of hydrogen-bond acceptors (Lipinski definition) is 3. The second kappa shape index (κ2) is 5.74. The van der Waals surface area contributed by atoms with E-state index in [2.05, 4.69) is 26.1 Å². The molecule has 0 spiro atoms. The van der Waals surface area contributed by atoms with Gasteiger partial charge in [-0.15, -0.1) is 11.3 Å². The molecule has 1 aromatic rings. The molecule has 0 bridgehead atoms. The minimum Gasteiger partial charge on any atom is -0.478 e. The molecular weight excluding hydrogens is 262 g/mol. The van der Waals surface area contributed by atoms with Gasteiger partial charge in [0.2, 0.25) is 5.91 Å². The highest BCUT2D eigenvalue weighted by Crippen LogP contribution is 2.30. The van der Waals surface area contributed by atoms with E-state index in [-0.39, 0.29) is 22.8 Å². The molecular formula is C14H21NO3S. The van der Waals surface area contributed by atoms with Crippen LogP contribution in [0.3, 0.4) is 0 Å². The highest BCUT2D eigenvalue weighted by Gasteiger charge is 2.23. The molecule has 0 aliphatic rings. The summed E-state index contributed by atoms with van der Waals surface area (Å²) in [4.78, 5) is 23.9. The standard InChI is InChI=1S/C14H21NO3S/c1-8(14(3,4)5)6-11(16)15-12-10(13(17)18)7-9(2)19-12/h7-8H,6H2,1-5H3,(H,15,16)(H,17,18). The summed E-state index contributed by atoms with van der Waals surface area (Å²) < 4.78 is 0. The van der Waals surface area contributed by atoms with Crippen molar-refractivity contribution in [2.75, 3.05) is 5.32 Å². The van der Waals surface area contributed by atoms with E-state index in [1.165, 1.54) is 11.3 Å². The van der Waals surface area contributed by atoms with Crippen molar-refractivity contribution in [3.8, 4) is 0 Å². The number of anilines is 1. The van der Waals surface area contributed by atoms with Crippen LogP contribution in [0.25, 0.3) is 0 Å². The van der Waals surface area contributed by atoms with Gasteiger partial charge in [0, 0.05) is 11.3 Å². The number of thiophene rings is 1. The van der Waals surface area contributed by atoms with Crippen LogP contribution in [-0.4, -0.2) is 17.0 Å². The first-order valence-corrected chi connectivity index (χ1v) is 7.06. The lowest BCUT2D eigenvalue weighted by Gasteiger charge is -2.26. The Labute approximate surface area is 117 Å². The topological polar surface area (TPSA) is 66.4 Å². The van der Waals surface area contributed by atoms with E-state index in [9.17, 15) is 9.59 Å². The number of carboxylic acid groups (broad SMARTS) is 1. The Hall–Kier alpha value is -1.36. The van der Waals surface area contributed by atoms with Gasteiger partial charge in [-0.25, -0.2) is 4.79 Å². The van der Waals surface area contributed by atoms with E-state index in [1.54, 1.807) is 6.07 Å². The average molecular weight is 283 g/mol. The SMILES string of the molecule is Cc1cc(C(=O)O)c(NC(=O)CC(C)C(C)(C)C)s1. The molecule has 2 N–H and O–H groups in total. The Morgan fingerprint density at radius 3 is 2.47 bits per heavy atom. The van der Waals surface area contributed by atoms with E-state index in [4.69, 9.17) is 5.11 Å². The van der Waals surface area contributed by atoms with Crippen LogP contribution >= 0.6 is 11.3 Å². The lowest BCUT2D eigenvalue weighted by atomic mass is 9.80. The summed E-state index contributed by atoms with van der Waals surface area (Å²) in [7, 11) is 0. The van der Waals surface area contributed by atoms with Crippen LogP contribution in [0.2, 0.25) is 0 Å². The zero-order chi connectivity index (χ0) is 14.8. The number of amides is 1. The normalized spacial score (nSPS) is 13.1. The number of carbonyl (C=O) groups is 2. The molecule has 1 heterocycles. The largest absolute Gasteiger partial charge is 0.478 e. The molecule has 0 saturated carbocycles. The van der Waals surface area contributed by atoms with Crippen molar-refractivity contribution in [3.05, 3.63) is 16.5 Å². The molecule has 1 amide bonds. The molecule has 1 aromatic heterocycles. The monoisotopic (exact) mass is 283 g/mol. The third kappa shape index (κ3) is 4.35. The van der Waals surface area contributed by atoms with Crippen molar-refractivity contribution in [1.29, 1.82) is 0 Å². The summed E-state index contributed by atoms with van der Waals surface area (Å²) in [6.07, 6.45) is 0.388. The Balaban J connectivity index is 2.75. The van der Waals surface area contributed by atoms with Crippen LogP contribution in [0.1, 0.15) is 49.4 Å². The number of rotatable bonds is 4. The first-order valence-electron chi connectivity index (χ1n) is 6.25. The van der Waals surface area contributed by atoms with Crippen LogP contribution in [0.15, 0.2) is 6.07 Å². The van der Waals surface area contributed by atoms with E-state index in [1.807, 2.05) is 13.8 Å². The fraction of sp³-hybridized carbons (Fsp3) is 0.571. The van der Waals surface area contributed by atoms with Crippen LogP contribution < -0.4 is 5.32 Å². The first kappa shape index (κ1) is 15.7. The van der Waals surface area contributed by atoms with E-state index >= 15 is 0 Å². The molecule has 0 aliphatic carbocycles. The maximum atomic E-state index is 12.0. The van der Waals surface area contributed by atoms with Crippen LogP contribution in [0.4, 0.5) is 5.00 Å². The van der Waals surface area contributed by atoms with Crippen LogP contribution in [0, 0.1) is 18.3 Å². The molecule has 0 aromatic carbocycles. The van der Waals surface area contributed by atoms with Crippen molar-refractivity contribution in [2.24, 2.45) is 11.3 Å². The van der Waals surface area contributed by atoms with Crippen LogP contribution in [0.5, 0.6) is 0 Å². The van der Waals surface area contributed by atoms with Crippen molar-refractivity contribution in [1.82, 2.24) is 0 Å². The maximum Gasteiger partial charge on any atom is 0.338 e. The molecule has 1 rings (SSSR count). The predicted octanol–water partition coefficient (Wildman–Crippen LogP) is 3.77. The zero-order valence-corrected chi connectivity index (χ0v) is 12.9. The molecule has 5 heteroatoms. The Bertz CT molecular complexity index is 485. The van der Waals surface area contributed by atoms with Crippen LogP contribution in [-0.2, 0) is 4.79 Å². The first-order chi connectivity index (χ1) is 8.61. The van der Waals surface area contributed by atoms with Crippen molar-refractivity contribution in [3.63, 3.8) is 0 Å². The number of nitrogens with one attached hydrogen (secondary N) is 1. The van der Waals surface area contributed by atoms with E-state index in [0.29, 0.717) is 11.4 Å². The second-order valence-corrected chi connectivity index (χ2v) is 7.18. The summed E-state index contributed by atoms with van der Waals surface area (Å²) in [6.45, 7) is 10.1. The molecule has 4 nitrogen and oxygen atoms in total. The third-order valence-electron chi connectivity index (χ3n) is 3.31. The van der Waals surface area contributed by atoms with Gasteiger partial charge in [0.05, 0.1) is 5.56 Å². The molecule has 0 fully saturated rings. The molecule has 0 radical (unpaired) electrons. The maximum absolute atomic E-state index is 12.0. The molecule has 1 atom stereocenters. The van der Waals surface area contributed by atoms with Gasteiger partial charge in [0.1, 0.15) is 5.00 Å². The molecule has 0 saturated heterocycles. The van der Waals surface area contributed by atoms with Crippen molar-refractivity contribution in [2.45, 2.75) is 41.0 Å². The predicted molar refractivity (Wildman–Crippen MR) is 77.9 cm³/mol. The second-order valence-electron chi connectivity index (χ2n) is 5.92. The number of aryl methyl sites for hydroxylation is 1. The summed E-state index contributed by atoms with van der Waals surface area (Å²) in [5, 5.41) is 12.2. The highest BCUT2D eigenvalue weighted by molar-refractivity contribution is 7.16. The van der Waals surface area contributed by atoms with Crippen molar-refractivity contribution < 1.29 is 14.7 Å². The van der Waals surface area contributed by atoms with Gasteiger partial charge in [-0.1, -0.05) is 27.7 Å². The number of aromatic carboxylic acids is 1. The minimum atomic E-state index is -1.01. The highest BCUT2D eigenvalue weighted by atomic mass is 32.1. The third-order valence-corrected chi connectivity index (χ3v) is 4.27. The number of hydrogen-bond donors (Lipinski definition) is 2. The summed E-state index contributed by atoms with van der Waals surface area (Å²) in [5.74, 6) is -0.919. The number of carboxylic acids is 1. The molecule has 19 heavy (non-hydrogen) atoms. The Kier molecular flexibility index (Phi) is 4.74. The lowest BCUT2D eigenvalue weighted by molar-refractivity contribution is -0.117. The summed E-state index contributed by atoms with van der Waals surface area (Å²) in [5.41, 5.74) is 0.220. The Morgan fingerprint density at radius 1 is 1.42 bits per heavy atom. The van der Waals surface area contributed by atoms with Gasteiger partial charge in [-0.05, 0) is 24.3 Å². The molecule has 0 aliphatic heterocycles. The van der Waals surface area contributed by atoms with Gasteiger partial charge >= 0.3 is 5.97 Å². The van der Waals surface area contributed by atoms with Gasteiger partial charge in [0.15, 0.2) is 0 Å². The quantitative estimate of drug-likeness (QED) is 0.884. The Morgan fingerprint density at radius 2 is 2.00 bits per heavy atom. The van der Waals surface area contributed by atoms with Gasteiger partial charge in [-0.2, -0.15) is 0 Å².